The Morgan fingerprint density at radius 3 is 2.50 bits per heavy atom. The van der Waals surface area contributed by atoms with Gasteiger partial charge in [0.25, 0.3) is 5.69 Å². The van der Waals surface area contributed by atoms with Crippen molar-refractivity contribution in [2.24, 2.45) is 0 Å². The molecule has 4 nitrogen and oxygen atoms in total. The Kier molecular flexibility index (Phi) is 2.93. The zero-order valence-electron chi connectivity index (χ0n) is 9.06. The van der Waals surface area contributed by atoms with Crippen LogP contribution in [0.15, 0.2) is 36.4 Å². The van der Waals surface area contributed by atoms with Crippen LogP contribution in [-0.2, 0) is 0 Å². The number of anilines is 1. The molecule has 0 amide bonds. The number of nitrogen functional groups attached to an aromatic ring is 1. The van der Waals surface area contributed by atoms with Crippen LogP contribution in [0.3, 0.4) is 0 Å². The van der Waals surface area contributed by atoms with Crippen molar-refractivity contribution >= 4 is 11.4 Å². The normalized spacial score (nSPS) is 10.3. The summed E-state index contributed by atoms with van der Waals surface area (Å²) in [6.07, 6.45) is 0. The predicted octanol–water partition coefficient (Wildman–Crippen LogP) is 3.12. The molecule has 2 rings (SSSR count). The van der Waals surface area contributed by atoms with Crippen molar-refractivity contribution in [3.63, 3.8) is 0 Å². The summed E-state index contributed by atoms with van der Waals surface area (Å²) in [5, 5.41) is 10.6. The first-order chi connectivity index (χ1) is 8.49. The number of nitro benzene ring substituents is 1. The molecule has 0 unspecified atom stereocenters. The molecule has 0 aliphatic heterocycles. The highest BCUT2D eigenvalue weighted by Crippen LogP contribution is 2.28. The molecule has 0 saturated carbocycles. The summed E-state index contributed by atoms with van der Waals surface area (Å²) in [6, 6.07) is 7.08. The molecule has 0 aliphatic rings. The van der Waals surface area contributed by atoms with Gasteiger partial charge in [-0.05, 0) is 11.6 Å². The van der Waals surface area contributed by atoms with Gasteiger partial charge in [-0.2, -0.15) is 0 Å². The fourth-order valence-corrected chi connectivity index (χ4v) is 1.57. The maximum Gasteiger partial charge on any atom is 0.270 e. The highest BCUT2D eigenvalue weighted by Gasteiger charge is 2.13. The molecule has 2 aromatic rings. The zero-order chi connectivity index (χ0) is 13.3. The van der Waals surface area contributed by atoms with Crippen molar-refractivity contribution in [1.29, 1.82) is 0 Å². The van der Waals surface area contributed by atoms with Crippen molar-refractivity contribution in [2.45, 2.75) is 0 Å². The van der Waals surface area contributed by atoms with Gasteiger partial charge < -0.3 is 5.73 Å². The first-order valence-electron chi connectivity index (χ1n) is 4.98. The highest BCUT2D eigenvalue weighted by molar-refractivity contribution is 5.68. The molecule has 2 aromatic carbocycles. The molecule has 6 heteroatoms. The Balaban J connectivity index is 2.58. The smallest absolute Gasteiger partial charge is 0.270 e. The minimum atomic E-state index is -0.766. The summed E-state index contributed by atoms with van der Waals surface area (Å²) >= 11 is 0. The third-order valence-electron chi connectivity index (χ3n) is 2.45. The largest absolute Gasteiger partial charge is 0.396 e. The van der Waals surface area contributed by atoms with E-state index in [-0.39, 0.29) is 22.5 Å². The molecule has 0 fully saturated rings. The number of nitrogens with two attached hydrogens (primary N) is 1. The second-order valence-electron chi connectivity index (χ2n) is 3.66. The van der Waals surface area contributed by atoms with Gasteiger partial charge in [0.2, 0.25) is 0 Å². The molecular weight excluding hydrogens is 242 g/mol. The number of hydrogen-bond donors (Lipinski definition) is 1. The number of nitro groups is 1. The number of nitrogens with zero attached hydrogens (tertiary/aromatic N) is 1. The fourth-order valence-electron chi connectivity index (χ4n) is 1.57. The van der Waals surface area contributed by atoms with E-state index in [9.17, 15) is 18.9 Å². The third kappa shape index (κ3) is 2.13. The fraction of sp³-hybridized carbons (Fsp3) is 0. The van der Waals surface area contributed by atoms with E-state index < -0.39 is 16.6 Å². The van der Waals surface area contributed by atoms with Crippen LogP contribution in [0.2, 0.25) is 0 Å². The van der Waals surface area contributed by atoms with E-state index in [1.165, 1.54) is 24.3 Å². The lowest BCUT2D eigenvalue weighted by Crippen LogP contribution is -1.95. The quantitative estimate of drug-likeness (QED) is 0.505. The number of benzene rings is 2. The van der Waals surface area contributed by atoms with Gasteiger partial charge in [0.15, 0.2) is 0 Å². The van der Waals surface area contributed by atoms with E-state index in [0.29, 0.717) is 0 Å². The Bertz CT molecular complexity index is 629. The van der Waals surface area contributed by atoms with Gasteiger partial charge in [-0.3, -0.25) is 10.1 Å². The van der Waals surface area contributed by atoms with Gasteiger partial charge in [-0.25, -0.2) is 8.78 Å². The molecule has 0 heterocycles. The van der Waals surface area contributed by atoms with Crippen molar-refractivity contribution in [2.75, 3.05) is 5.73 Å². The van der Waals surface area contributed by atoms with Crippen LogP contribution in [0.4, 0.5) is 20.2 Å². The molecule has 0 aromatic heterocycles. The maximum atomic E-state index is 13.6. The minimum absolute atomic E-state index is 0.0644. The van der Waals surface area contributed by atoms with Gasteiger partial charge in [0.1, 0.15) is 11.6 Å². The predicted molar refractivity (Wildman–Crippen MR) is 62.9 cm³/mol. The van der Waals surface area contributed by atoms with Crippen LogP contribution in [0.25, 0.3) is 11.1 Å². The average molecular weight is 250 g/mol. The molecule has 2 N–H and O–H groups in total. The average Bonchev–Trinajstić information content (AvgIpc) is 2.34. The first-order valence-corrected chi connectivity index (χ1v) is 4.98. The highest BCUT2D eigenvalue weighted by atomic mass is 19.1. The second kappa shape index (κ2) is 4.40. The third-order valence-corrected chi connectivity index (χ3v) is 2.45. The molecule has 0 aliphatic carbocycles. The summed E-state index contributed by atoms with van der Waals surface area (Å²) in [5.41, 5.74) is 4.89. The number of rotatable bonds is 2. The van der Waals surface area contributed by atoms with E-state index in [1.54, 1.807) is 0 Å². The van der Waals surface area contributed by atoms with E-state index in [4.69, 9.17) is 5.73 Å². The molecular formula is C12H8F2N2O2. The summed E-state index contributed by atoms with van der Waals surface area (Å²) < 4.78 is 26.9. The molecule has 0 bridgehead atoms. The Morgan fingerprint density at radius 1 is 1.11 bits per heavy atom. The van der Waals surface area contributed by atoms with Crippen molar-refractivity contribution in [3.05, 3.63) is 58.1 Å². The molecule has 0 atom stereocenters. The lowest BCUT2D eigenvalue weighted by atomic mass is 10.0. The van der Waals surface area contributed by atoms with Crippen LogP contribution in [0, 0.1) is 21.7 Å². The molecule has 92 valence electrons. The lowest BCUT2D eigenvalue weighted by Gasteiger charge is -2.05. The Labute approximate surface area is 101 Å². The summed E-state index contributed by atoms with van der Waals surface area (Å²) in [6.45, 7) is 0. The number of halogens is 2. The molecule has 0 saturated heterocycles. The summed E-state index contributed by atoms with van der Waals surface area (Å²) in [4.78, 5) is 10.0. The molecule has 0 radical (unpaired) electrons. The summed E-state index contributed by atoms with van der Waals surface area (Å²) in [5.74, 6) is -1.49. The van der Waals surface area contributed by atoms with Gasteiger partial charge in [0.05, 0.1) is 10.6 Å². The van der Waals surface area contributed by atoms with Gasteiger partial charge in [-0.1, -0.05) is 12.1 Å². The van der Waals surface area contributed by atoms with E-state index in [0.717, 1.165) is 12.1 Å². The van der Waals surface area contributed by atoms with Crippen molar-refractivity contribution < 1.29 is 13.7 Å². The monoisotopic (exact) mass is 250 g/mol. The lowest BCUT2D eigenvalue weighted by molar-refractivity contribution is -0.384. The number of non-ortho nitro benzene ring substituents is 1. The molecule has 0 spiro atoms. The summed E-state index contributed by atoms with van der Waals surface area (Å²) in [7, 11) is 0. The van der Waals surface area contributed by atoms with Gasteiger partial charge >= 0.3 is 0 Å². The van der Waals surface area contributed by atoms with Crippen LogP contribution in [0.1, 0.15) is 0 Å². The van der Waals surface area contributed by atoms with Crippen LogP contribution in [-0.4, -0.2) is 4.92 Å². The Hall–Kier alpha value is -2.50. The van der Waals surface area contributed by atoms with E-state index >= 15 is 0 Å². The SMILES string of the molecule is Nc1cc(F)c(-c2cccc([N+](=O)[O-])c2)cc1F. The van der Waals surface area contributed by atoms with Crippen LogP contribution >= 0.6 is 0 Å². The standard InChI is InChI=1S/C12H8F2N2O2/c13-10-6-12(15)11(14)5-9(10)7-2-1-3-8(4-7)16(17)18/h1-6H,15H2. The van der Waals surface area contributed by atoms with E-state index in [1.807, 2.05) is 0 Å². The molecule has 18 heavy (non-hydrogen) atoms. The number of hydrogen-bond acceptors (Lipinski definition) is 3. The Morgan fingerprint density at radius 2 is 1.83 bits per heavy atom. The minimum Gasteiger partial charge on any atom is -0.396 e. The van der Waals surface area contributed by atoms with Crippen molar-refractivity contribution in [3.8, 4) is 11.1 Å². The van der Waals surface area contributed by atoms with Gasteiger partial charge in [0, 0.05) is 23.8 Å². The first kappa shape index (κ1) is 12.0. The van der Waals surface area contributed by atoms with Crippen molar-refractivity contribution in [1.82, 2.24) is 0 Å². The zero-order valence-corrected chi connectivity index (χ0v) is 9.06. The van der Waals surface area contributed by atoms with Gasteiger partial charge in [-0.15, -0.1) is 0 Å². The maximum absolute atomic E-state index is 13.6. The topological polar surface area (TPSA) is 69.2 Å². The van der Waals surface area contributed by atoms with Crippen LogP contribution in [0.5, 0.6) is 0 Å². The van der Waals surface area contributed by atoms with Crippen LogP contribution < -0.4 is 5.73 Å². The second-order valence-corrected chi connectivity index (χ2v) is 3.66. The van der Waals surface area contributed by atoms with E-state index in [2.05, 4.69) is 0 Å².